The molecule has 0 radical (unpaired) electrons. The molecular weight excluding hydrogens is 341 g/mol. The third-order valence-corrected chi connectivity index (χ3v) is 5.03. The molecule has 0 aliphatic carbocycles. The van der Waals surface area contributed by atoms with Crippen LogP contribution in [0.15, 0.2) is 24.3 Å². The Bertz CT molecular complexity index is 807. The number of fused-ring (bicyclic) bond motifs is 1. The normalized spacial score (nSPS) is 18.5. The molecule has 3 rings (SSSR count). The maximum atomic E-state index is 14.6. The Morgan fingerprint density at radius 3 is 2.31 bits per heavy atom. The van der Waals surface area contributed by atoms with Gasteiger partial charge < -0.3 is 18.8 Å². The van der Waals surface area contributed by atoms with Crippen molar-refractivity contribution >= 4 is 23.4 Å². The molecule has 4 nitrogen and oxygen atoms in total. The second kappa shape index (κ2) is 6.80. The molecule has 0 bridgehead atoms. The first-order chi connectivity index (χ1) is 12.2. The van der Waals surface area contributed by atoms with Crippen molar-refractivity contribution in [2.24, 2.45) is 0 Å². The molecule has 7 heteroatoms. The molecule has 0 spiro atoms. The highest BCUT2D eigenvalue weighted by atomic mass is 19.2. The molecule has 1 aliphatic rings. The lowest BCUT2D eigenvalue weighted by Crippen LogP contribution is -2.41. The summed E-state index contributed by atoms with van der Waals surface area (Å²) in [5.74, 6) is -1.37. The van der Waals surface area contributed by atoms with Crippen molar-refractivity contribution in [1.29, 1.82) is 0 Å². The van der Waals surface area contributed by atoms with E-state index in [2.05, 4.69) is 0 Å². The highest BCUT2D eigenvalue weighted by Gasteiger charge is 2.52. The second-order valence-corrected chi connectivity index (χ2v) is 7.32. The molecule has 0 unspecified atom stereocenters. The van der Waals surface area contributed by atoms with Crippen LogP contribution in [0, 0.1) is 11.6 Å². The molecule has 140 valence electrons. The van der Waals surface area contributed by atoms with Crippen molar-refractivity contribution < 1.29 is 27.6 Å². The van der Waals surface area contributed by atoms with Crippen molar-refractivity contribution in [3.8, 4) is 5.75 Å². The van der Waals surface area contributed by atoms with Crippen LogP contribution in [0.1, 0.15) is 34.6 Å². The van der Waals surface area contributed by atoms with Crippen molar-refractivity contribution in [1.82, 2.24) is 0 Å². The van der Waals surface area contributed by atoms with E-state index in [9.17, 15) is 8.78 Å². The summed E-state index contributed by atoms with van der Waals surface area (Å²) in [4.78, 5) is 0. The Labute approximate surface area is 152 Å². The van der Waals surface area contributed by atoms with Gasteiger partial charge in [0.15, 0.2) is 18.4 Å². The fourth-order valence-electron chi connectivity index (χ4n) is 2.83. The van der Waals surface area contributed by atoms with Crippen molar-refractivity contribution in [2.45, 2.75) is 45.8 Å². The standard InChI is InChI=1S/C19H23BF2O4/c1-6-23-11-24-13-9-12-7-8-15(21)17(22)16(12)14(10-13)20-25-18(2,3)19(4,5)26-20/h7-10H,6,11H2,1-5H3. The topological polar surface area (TPSA) is 36.9 Å². The Morgan fingerprint density at radius 1 is 1.04 bits per heavy atom. The van der Waals surface area contributed by atoms with Gasteiger partial charge in [0.2, 0.25) is 0 Å². The van der Waals surface area contributed by atoms with Crippen LogP contribution >= 0.6 is 0 Å². The molecule has 1 fully saturated rings. The lowest BCUT2D eigenvalue weighted by Gasteiger charge is -2.32. The first-order valence-electron chi connectivity index (χ1n) is 8.64. The van der Waals surface area contributed by atoms with Crippen LogP contribution in [-0.2, 0) is 14.0 Å². The van der Waals surface area contributed by atoms with Gasteiger partial charge in [-0.2, -0.15) is 0 Å². The molecule has 0 amide bonds. The first kappa shape index (κ1) is 19.1. The maximum Gasteiger partial charge on any atom is 0.495 e. The third kappa shape index (κ3) is 3.31. The second-order valence-electron chi connectivity index (χ2n) is 7.32. The fraction of sp³-hybridized carbons (Fsp3) is 0.474. The highest BCUT2D eigenvalue weighted by Crippen LogP contribution is 2.37. The van der Waals surface area contributed by atoms with Gasteiger partial charge in [-0.15, -0.1) is 0 Å². The van der Waals surface area contributed by atoms with Gasteiger partial charge in [0.05, 0.1) is 11.2 Å². The van der Waals surface area contributed by atoms with Gasteiger partial charge >= 0.3 is 7.12 Å². The molecule has 0 N–H and O–H groups in total. The lowest BCUT2D eigenvalue weighted by molar-refractivity contribution is 0.00578. The molecule has 0 aromatic heterocycles. The molecule has 0 atom stereocenters. The molecule has 1 aliphatic heterocycles. The van der Waals surface area contributed by atoms with E-state index in [0.717, 1.165) is 6.07 Å². The summed E-state index contributed by atoms with van der Waals surface area (Å²) in [6.07, 6.45) is 0. The number of hydrogen-bond acceptors (Lipinski definition) is 4. The van der Waals surface area contributed by atoms with Gasteiger partial charge in [0.1, 0.15) is 5.75 Å². The van der Waals surface area contributed by atoms with E-state index in [4.69, 9.17) is 18.8 Å². The van der Waals surface area contributed by atoms with Gasteiger partial charge in [0, 0.05) is 12.0 Å². The quantitative estimate of drug-likeness (QED) is 0.460. The molecular formula is C19H23BF2O4. The van der Waals surface area contributed by atoms with E-state index < -0.39 is 30.0 Å². The number of benzene rings is 2. The van der Waals surface area contributed by atoms with Crippen molar-refractivity contribution in [3.63, 3.8) is 0 Å². The summed E-state index contributed by atoms with van der Waals surface area (Å²) >= 11 is 0. The average molecular weight is 364 g/mol. The van der Waals surface area contributed by atoms with Crippen LogP contribution in [0.25, 0.3) is 10.8 Å². The Morgan fingerprint density at radius 2 is 1.69 bits per heavy atom. The predicted molar refractivity (Wildman–Crippen MR) is 96.7 cm³/mol. The van der Waals surface area contributed by atoms with Gasteiger partial charge in [-0.1, -0.05) is 6.07 Å². The van der Waals surface area contributed by atoms with Crippen LogP contribution in [0.4, 0.5) is 8.78 Å². The highest BCUT2D eigenvalue weighted by molar-refractivity contribution is 6.65. The molecule has 26 heavy (non-hydrogen) atoms. The zero-order valence-corrected chi connectivity index (χ0v) is 15.7. The van der Waals surface area contributed by atoms with Gasteiger partial charge in [0.25, 0.3) is 0 Å². The first-order valence-corrected chi connectivity index (χ1v) is 8.64. The molecule has 2 aromatic rings. The summed E-state index contributed by atoms with van der Waals surface area (Å²) in [5.41, 5.74) is -0.809. The van der Waals surface area contributed by atoms with Gasteiger partial charge in [-0.25, -0.2) is 8.78 Å². The third-order valence-electron chi connectivity index (χ3n) is 5.03. The maximum absolute atomic E-state index is 14.6. The Hall–Kier alpha value is -1.70. The largest absolute Gasteiger partial charge is 0.495 e. The van der Waals surface area contributed by atoms with E-state index in [-0.39, 0.29) is 12.2 Å². The smallest absolute Gasteiger partial charge is 0.468 e. The van der Waals surface area contributed by atoms with Crippen LogP contribution in [-0.4, -0.2) is 31.7 Å². The van der Waals surface area contributed by atoms with Gasteiger partial charge in [-0.05, 0) is 63.7 Å². The summed E-state index contributed by atoms with van der Waals surface area (Å²) in [6, 6.07) is 5.87. The van der Waals surface area contributed by atoms with E-state index in [1.165, 1.54) is 6.07 Å². The zero-order chi connectivity index (χ0) is 19.1. The summed E-state index contributed by atoms with van der Waals surface area (Å²) in [5, 5.41) is 0.634. The summed E-state index contributed by atoms with van der Waals surface area (Å²) in [7, 11) is -0.838. The fourth-order valence-corrected chi connectivity index (χ4v) is 2.83. The summed E-state index contributed by atoms with van der Waals surface area (Å²) < 4.78 is 51.3. The monoisotopic (exact) mass is 364 g/mol. The molecule has 1 saturated heterocycles. The molecule has 1 heterocycles. The Balaban J connectivity index is 2.11. The lowest BCUT2D eigenvalue weighted by atomic mass is 9.75. The van der Waals surface area contributed by atoms with Gasteiger partial charge in [-0.3, -0.25) is 0 Å². The Kier molecular flexibility index (Phi) is 4.99. The van der Waals surface area contributed by atoms with Crippen molar-refractivity contribution in [2.75, 3.05) is 13.4 Å². The van der Waals surface area contributed by atoms with Crippen LogP contribution in [0.3, 0.4) is 0 Å². The minimum absolute atomic E-state index is 0.0640. The van der Waals surface area contributed by atoms with Crippen LogP contribution < -0.4 is 10.2 Å². The molecule has 0 saturated carbocycles. The number of halogens is 2. The van der Waals surface area contributed by atoms with Crippen LogP contribution in [0.5, 0.6) is 5.75 Å². The average Bonchev–Trinajstić information content (AvgIpc) is 2.78. The van der Waals surface area contributed by atoms with Crippen molar-refractivity contribution in [3.05, 3.63) is 35.9 Å². The SMILES string of the molecule is CCOCOc1cc(B2OC(C)(C)C(C)(C)O2)c2c(F)c(F)ccc2c1. The number of ether oxygens (including phenoxy) is 2. The molecule has 2 aromatic carbocycles. The number of rotatable bonds is 5. The van der Waals surface area contributed by atoms with E-state index in [0.29, 0.717) is 23.2 Å². The van der Waals surface area contributed by atoms with E-state index >= 15 is 0 Å². The van der Waals surface area contributed by atoms with Crippen LogP contribution in [0.2, 0.25) is 0 Å². The van der Waals surface area contributed by atoms with E-state index in [1.54, 1.807) is 12.1 Å². The minimum atomic E-state index is -0.927. The summed E-state index contributed by atoms with van der Waals surface area (Å²) in [6.45, 7) is 10.1. The number of hydrogen-bond donors (Lipinski definition) is 0. The minimum Gasteiger partial charge on any atom is -0.468 e. The predicted octanol–water partition coefficient (Wildman–Crippen LogP) is 3.79. The van der Waals surface area contributed by atoms with E-state index in [1.807, 2.05) is 34.6 Å². The zero-order valence-electron chi connectivity index (χ0n) is 15.7.